The fourth-order valence-corrected chi connectivity index (χ4v) is 3.35. The molecule has 0 radical (unpaired) electrons. The minimum absolute atomic E-state index is 0.0805. The van der Waals surface area contributed by atoms with Crippen LogP contribution < -0.4 is 10.2 Å². The minimum atomic E-state index is -0.466. The van der Waals surface area contributed by atoms with Gasteiger partial charge in [0.2, 0.25) is 0 Å². The predicted molar refractivity (Wildman–Crippen MR) is 96.4 cm³/mol. The number of thiophene rings is 1. The third-order valence-electron chi connectivity index (χ3n) is 3.55. The first-order valence-electron chi connectivity index (χ1n) is 6.98. The lowest BCUT2D eigenvalue weighted by Gasteiger charge is -2.30. The summed E-state index contributed by atoms with van der Waals surface area (Å²) in [4.78, 5) is 26.3. The molecule has 1 aromatic carbocycles. The SMILES string of the molecule is Cc1ccc(N2C(=O)/C(=C/c3ccsc3)C(=O)NC2=S)c(C)c1. The highest BCUT2D eigenvalue weighted by Gasteiger charge is 2.35. The van der Waals surface area contributed by atoms with E-state index in [1.54, 1.807) is 6.08 Å². The molecule has 0 bridgehead atoms. The fourth-order valence-electron chi connectivity index (χ4n) is 2.46. The molecule has 1 aliphatic rings. The molecule has 1 aromatic heterocycles. The first-order chi connectivity index (χ1) is 11.0. The van der Waals surface area contributed by atoms with E-state index in [1.807, 2.05) is 48.9 Å². The Morgan fingerprint density at radius 2 is 2.00 bits per heavy atom. The van der Waals surface area contributed by atoms with Crippen LogP contribution in [0, 0.1) is 13.8 Å². The molecule has 2 heterocycles. The largest absolute Gasteiger partial charge is 0.298 e. The quantitative estimate of drug-likeness (QED) is 0.518. The third kappa shape index (κ3) is 2.95. The van der Waals surface area contributed by atoms with Gasteiger partial charge in [0, 0.05) is 0 Å². The van der Waals surface area contributed by atoms with Gasteiger partial charge in [0.15, 0.2) is 5.11 Å². The molecule has 0 atom stereocenters. The van der Waals surface area contributed by atoms with Gasteiger partial charge in [0.1, 0.15) is 5.57 Å². The van der Waals surface area contributed by atoms with Gasteiger partial charge in [-0.2, -0.15) is 11.3 Å². The molecular weight excluding hydrogens is 328 g/mol. The van der Waals surface area contributed by atoms with E-state index in [1.165, 1.54) is 16.2 Å². The van der Waals surface area contributed by atoms with Gasteiger partial charge in [-0.25, -0.2) is 0 Å². The normalized spacial score (nSPS) is 16.9. The Labute approximate surface area is 143 Å². The number of nitrogens with zero attached hydrogens (tertiary/aromatic N) is 1. The molecule has 0 spiro atoms. The van der Waals surface area contributed by atoms with Crippen molar-refractivity contribution >= 4 is 52.2 Å². The van der Waals surface area contributed by atoms with E-state index >= 15 is 0 Å². The van der Waals surface area contributed by atoms with Crippen LogP contribution in [0.15, 0.2) is 40.6 Å². The van der Waals surface area contributed by atoms with E-state index < -0.39 is 11.8 Å². The highest BCUT2D eigenvalue weighted by Crippen LogP contribution is 2.26. The van der Waals surface area contributed by atoms with Crippen molar-refractivity contribution in [1.82, 2.24) is 5.32 Å². The molecule has 2 amide bonds. The van der Waals surface area contributed by atoms with Crippen LogP contribution in [-0.4, -0.2) is 16.9 Å². The number of benzene rings is 1. The smallest absolute Gasteiger partial charge is 0.270 e. The third-order valence-corrected chi connectivity index (χ3v) is 4.54. The van der Waals surface area contributed by atoms with Gasteiger partial charge in [-0.1, -0.05) is 17.7 Å². The van der Waals surface area contributed by atoms with Crippen LogP contribution in [0.3, 0.4) is 0 Å². The van der Waals surface area contributed by atoms with Crippen molar-refractivity contribution in [3.8, 4) is 0 Å². The van der Waals surface area contributed by atoms with Gasteiger partial charge in [0.25, 0.3) is 11.8 Å². The maximum atomic E-state index is 12.8. The van der Waals surface area contributed by atoms with E-state index in [-0.39, 0.29) is 10.7 Å². The molecule has 4 nitrogen and oxygen atoms in total. The van der Waals surface area contributed by atoms with Crippen molar-refractivity contribution in [2.75, 3.05) is 4.90 Å². The summed E-state index contributed by atoms with van der Waals surface area (Å²) in [6.07, 6.45) is 1.59. The van der Waals surface area contributed by atoms with Crippen molar-refractivity contribution in [1.29, 1.82) is 0 Å². The highest BCUT2D eigenvalue weighted by molar-refractivity contribution is 7.80. The topological polar surface area (TPSA) is 49.4 Å². The molecule has 1 aliphatic heterocycles. The van der Waals surface area contributed by atoms with Gasteiger partial charge in [-0.05, 0) is 66.2 Å². The molecular formula is C17H14N2O2S2. The van der Waals surface area contributed by atoms with Crippen LogP contribution in [0.4, 0.5) is 5.69 Å². The summed E-state index contributed by atoms with van der Waals surface area (Å²) >= 11 is 6.71. The zero-order valence-electron chi connectivity index (χ0n) is 12.6. The number of carbonyl (C=O) groups excluding carboxylic acids is 2. The summed E-state index contributed by atoms with van der Waals surface area (Å²) in [5, 5.41) is 6.47. The predicted octanol–water partition coefficient (Wildman–Crippen LogP) is 3.20. The van der Waals surface area contributed by atoms with E-state index in [9.17, 15) is 9.59 Å². The Balaban J connectivity index is 2.05. The first-order valence-corrected chi connectivity index (χ1v) is 8.33. The molecule has 0 saturated carbocycles. The lowest BCUT2D eigenvalue weighted by Crippen LogP contribution is -2.54. The van der Waals surface area contributed by atoms with E-state index in [0.29, 0.717) is 5.69 Å². The number of aryl methyl sites for hydroxylation is 2. The number of thiocarbonyl (C=S) groups is 1. The summed E-state index contributed by atoms with van der Waals surface area (Å²) in [7, 11) is 0. The molecule has 23 heavy (non-hydrogen) atoms. The number of hydrogen-bond acceptors (Lipinski definition) is 4. The van der Waals surface area contributed by atoms with Crippen molar-refractivity contribution in [3.05, 3.63) is 57.3 Å². The molecule has 1 fully saturated rings. The van der Waals surface area contributed by atoms with E-state index in [0.717, 1.165) is 16.7 Å². The average Bonchev–Trinajstić information content (AvgIpc) is 2.98. The van der Waals surface area contributed by atoms with Crippen molar-refractivity contribution in [2.24, 2.45) is 0 Å². The van der Waals surface area contributed by atoms with Crippen molar-refractivity contribution < 1.29 is 9.59 Å². The van der Waals surface area contributed by atoms with Crippen LogP contribution in [0.25, 0.3) is 6.08 Å². The number of nitrogens with one attached hydrogen (secondary N) is 1. The standard InChI is InChI=1S/C17H14N2O2S2/c1-10-3-4-14(11(2)7-10)19-16(21)13(15(20)18-17(19)22)8-12-5-6-23-9-12/h3-9H,1-2H3,(H,18,20,22)/b13-8+. The Bertz CT molecular complexity index is 838. The molecule has 0 unspecified atom stereocenters. The van der Waals surface area contributed by atoms with Gasteiger partial charge >= 0.3 is 0 Å². The van der Waals surface area contributed by atoms with Crippen LogP contribution in [0.2, 0.25) is 0 Å². The number of carbonyl (C=O) groups is 2. The average molecular weight is 342 g/mol. The monoisotopic (exact) mass is 342 g/mol. The summed E-state index contributed by atoms with van der Waals surface area (Å²) in [5.74, 6) is -0.871. The summed E-state index contributed by atoms with van der Waals surface area (Å²) in [6, 6.07) is 7.59. The van der Waals surface area contributed by atoms with Crippen molar-refractivity contribution in [2.45, 2.75) is 13.8 Å². The number of amides is 2. The number of hydrogen-bond donors (Lipinski definition) is 1. The summed E-state index contributed by atoms with van der Waals surface area (Å²) in [6.45, 7) is 3.90. The second kappa shape index (κ2) is 6.06. The summed E-state index contributed by atoms with van der Waals surface area (Å²) < 4.78 is 0. The van der Waals surface area contributed by atoms with E-state index in [4.69, 9.17) is 12.2 Å². The maximum absolute atomic E-state index is 12.8. The molecule has 2 aromatic rings. The lowest BCUT2D eigenvalue weighted by molar-refractivity contribution is -0.122. The molecule has 1 saturated heterocycles. The van der Waals surface area contributed by atoms with Crippen molar-refractivity contribution in [3.63, 3.8) is 0 Å². The summed E-state index contributed by atoms with van der Waals surface area (Å²) in [5.41, 5.74) is 3.60. The molecule has 0 aliphatic carbocycles. The maximum Gasteiger partial charge on any atom is 0.270 e. The molecule has 1 N–H and O–H groups in total. The molecule has 6 heteroatoms. The lowest BCUT2D eigenvalue weighted by atomic mass is 10.1. The minimum Gasteiger partial charge on any atom is -0.298 e. The van der Waals surface area contributed by atoms with Crippen LogP contribution in [-0.2, 0) is 9.59 Å². The Hall–Kier alpha value is -2.31. The van der Waals surface area contributed by atoms with Crippen LogP contribution in [0.1, 0.15) is 16.7 Å². The Kier molecular flexibility index (Phi) is 4.11. The fraction of sp³-hybridized carbons (Fsp3) is 0.118. The Morgan fingerprint density at radius 1 is 1.22 bits per heavy atom. The number of anilines is 1. The van der Waals surface area contributed by atoms with Gasteiger partial charge in [0.05, 0.1) is 5.69 Å². The first kappa shape index (κ1) is 15.6. The van der Waals surface area contributed by atoms with Gasteiger partial charge in [-0.3, -0.25) is 19.8 Å². The Morgan fingerprint density at radius 3 is 2.65 bits per heavy atom. The second-order valence-corrected chi connectivity index (χ2v) is 6.47. The van der Waals surface area contributed by atoms with Crippen LogP contribution in [0.5, 0.6) is 0 Å². The highest BCUT2D eigenvalue weighted by atomic mass is 32.1. The number of rotatable bonds is 2. The van der Waals surface area contributed by atoms with E-state index in [2.05, 4.69) is 5.32 Å². The zero-order chi connectivity index (χ0) is 16.6. The molecule has 3 rings (SSSR count). The van der Waals surface area contributed by atoms with Crippen LogP contribution >= 0.6 is 23.6 Å². The van der Waals surface area contributed by atoms with Gasteiger partial charge in [-0.15, -0.1) is 0 Å². The van der Waals surface area contributed by atoms with Gasteiger partial charge < -0.3 is 0 Å². The molecule has 116 valence electrons. The second-order valence-electron chi connectivity index (χ2n) is 5.30. The zero-order valence-corrected chi connectivity index (χ0v) is 14.3.